The van der Waals surface area contributed by atoms with Gasteiger partial charge in [0.25, 0.3) is 0 Å². The molecule has 0 saturated heterocycles. The number of ether oxygens (including phenoxy) is 1. The highest BCUT2D eigenvalue weighted by atomic mass is 16.5. The first-order valence-electron chi connectivity index (χ1n) is 12.2. The fraction of sp³-hybridized carbons (Fsp3) is 0.960. The number of hydrogen-bond donors (Lipinski definition) is 0. The summed E-state index contributed by atoms with van der Waals surface area (Å²) >= 11 is 0. The highest BCUT2D eigenvalue weighted by molar-refractivity contribution is 5.69. The van der Waals surface area contributed by atoms with Crippen molar-refractivity contribution >= 4 is 5.97 Å². The van der Waals surface area contributed by atoms with E-state index in [9.17, 15) is 4.79 Å². The lowest BCUT2D eigenvalue weighted by Crippen LogP contribution is -2.14. The van der Waals surface area contributed by atoms with Crippen molar-refractivity contribution in [1.29, 1.82) is 0 Å². The molecule has 2 unspecified atom stereocenters. The van der Waals surface area contributed by atoms with E-state index in [-0.39, 0.29) is 5.97 Å². The fourth-order valence-electron chi connectivity index (χ4n) is 3.85. The van der Waals surface area contributed by atoms with Crippen LogP contribution in [0.4, 0.5) is 0 Å². The second-order valence-electron chi connectivity index (χ2n) is 8.83. The lowest BCUT2D eigenvalue weighted by Gasteiger charge is -2.18. The van der Waals surface area contributed by atoms with E-state index in [0.29, 0.717) is 18.3 Å². The molecule has 27 heavy (non-hydrogen) atoms. The lowest BCUT2D eigenvalue weighted by molar-refractivity contribution is -0.142. The van der Waals surface area contributed by atoms with Crippen LogP contribution in [0.15, 0.2) is 0 Å². The summed E-state index contributed by atoms with van der Waals surface area (Å²) in [6, 6.07) is 0. The molecule has 2 nitrogen and oxygen atoms in total. The largest absolute Gasteiger partial charge is 0.469 e. The van der Waals surface area contributed by atoms with Crippen LogP contribution in [-0.2, 0) is 9.53 Å². The summed E-state index contributed by atoms with van der Waals surface area (Å²) in [7, 11) is 1.48. The summed E-state index contributed by atoms with van der Waals surface area (Å²) in [6.45, 7) is 6.74. The van der Waals surface area contributed by atoms with Gasteiger partial charge in [-0.1, -0.05) is 130 Å². The zero-order valence-electron chi connectivity index (χ0n) is 19.2. The molecule has 2 heteroatoms. The van der Waals surface area contributed by atoms with Gasteiger partial charge in [0, 0.05) is 6.42 Å². The Hall–Kier alpha value is -0.530. The molecule has 0 bridgehead atoms. The molecule has 0 aliphatic heterocycles. The first kappa shape index (κ1) is 26.5. The van der Waals surface area contributed by atoms with Gasteiger partial charge in [0.1, 0.15) is 0 Å². The minimum atomic E-state index is -0.0682. The second-order valence-corrected chi connectivity index (χ2v) is 8.83. The monoisotopic (exact) mass is 382 g/mol. The van der Waals surface area contributed by atoms with Crippen LogP contribution in [0.5, 0.6) is 0 Å². The number of carbonyl (C=O) groups is 1. The summed E-state index contributed by atoms with van der Waals surface area (Å²) in [5.74, 6) is 0.992. The first-order chi connectivity index (χ1) is 13.1. The van der Waals surface area contributed by atoms with Crippen LogP contribution in [0.1, 0.15) is 136 Å². The number of carbonyl (C=O) groups excluding carboxylic acids is 1. The minimum Gasteiger partial charge on any atom is -0.469 e. The number of esters is 1. The van der Waals surface area contributed by atoms with Crippen molar-refractivity contribution in [2.75, 3.05) is 7.11 Å². The molecule has 0 spiro atoms. The van der Waals surface area contributed by atoms with Crippen molar-refractivity contribution in [2.45, 2.75) is 136 Å². The van der Waals surface area contributed by atoms with Crippen molar-refractivity contribution < 1.29 is 9.53 Å². The molecule has 0 amide bonds. The molecule has 0 saturated carbocycles. The molecule has 0 fully saturated rings. The van der Waals surface area contributed by atoms with Gasteiger partial charge in [-0.2, -0.15) is 0 Å². The Morgan fingerprint density at radius 1 is 0.630 bits per heavy atom. The maximum Gasteiger partial charge on any atom is 0.305 e. The van der Waals surface area contributed by atoms with Gasteiger partial charge >= 0.3 is 5.97 Å². The maximum absolute atomic E-state index is 11.3. The number of methoxy groups -OCH3 is 1. The number of rotatable bonds is 20. The van der Waals surface area contributed by atoms with E-state index in [1.165, 1.54) is 116 Å². The molecular formula is C25H50O2. The van der Waals surface area contributed by atoms with Gasteiger partial charge in [0.2, 0.25) is 0 Å². The van der Waals surface area contributed by atoms with E-state index in [1.807, 2.05) is 0 Å². The fourth-order valence-corrected chi connectivity index (χ4v) is 3.85. The first-order valence-corrected chi connectivity index (χ1v) is 12.2. The van der Waals surface area contributed by atoms with E-state index in [2.05, 4.69) is 20.8 Å². The van der Waals surface area contributed by atoms with Crippen molar-refractivity contribution in [2.24, 2.45) is 11.8 Å². The zero-order chi connectivity index (χ0) is 20.2. The molecule has 2 atom stereocenters. The predicted octanol–water partition coefficient (Wildman–Crippen LogP) is 8.47. The Balaban J connectivity index is 3.23. The van der Waals surface area contributed by atoms with Crippen LogP contribution in [0, 0.1) is 11.8 Å². The van der Waals surface area contributed by atoms with E-state index in [1.54, 1.807) is 0 Å². The van der Waals surface area contributed by atoms with E-state index >= 15 is 0 Å². The number of hydrogen-bond acceptors (Lipinski definition) is 2. The Kier molecular flexibility index (Phi) is 19.8. The Bertz CT molecular complexity index is 313. The highest BCUT2D eigenvalue weighted by Gasteiger charge is 2.15. The van der Waals surface area contributed by atoms with Gasteiger partial charge in [0.15, 0.2) is 0 Å². The minimum absolute atomic E-state index is 0.0682. The zero-order valence-corrected chi connectivity index (χ0v) is 19.2. The number of unbranched alkanes of at least 4 members (excludes halogenated alkanes) is 15. The molecule has 0 N–H and O–H groups in total. The van der Waals surface area contributed by atoms with E-state index in [0.717, 1.165) is 0 Å². The smallest absolute Gasteiger partial charge is 0.305 e. The molecule has 0 aromatic carbocycles. The van der Waals surface area contributed by atoms with Gasteiger partial charge < -0.3 is 4.74 Å². The molecule has 0 aromatic rings. The summed E-state index contributed by atoms with van der Waals surface area (Å²) < 4.78 is 4.77. The van der Waals surface area contributed by atoms with Crippen LogP contribution in [0.3, 0.4) is 0 Å². The van der Waals surface area contributed by atoms with Crippen molar-refractivity contribution in [1.82, 2.24) is 0 Å². The third-order valence-corrected chi connectivity index (χ3v) is 6.20. The van der Waals surface area contributed by atoms with E-state index < -0.39 is 0 Å². The predicted molar refractivity (Wildman–Crippen MR) is 119 cm³/mol. The molecule has 0 aliphatic carbocycles. The van der Waals surface area contributed by atoms with Crippen molar-refractivity contribution in [3.63, 3.8) is 0 Å². The topological polar surface area (TPSA) is 26.3 Å². The summed E-state index contributed by atoms with van der Waals surface area (Å²) in [4.78, 5) is 11.3. The molecule has 162 valence electrons. The van der Waals surface area contributed by atoms with E-state index in [4.69, 9.17) is 4.74 Å². The van der Waals surface area contributed by atoms with Crippen molar-refractivity contribution in [3.8, 4) is 0 Å². The van der Waals surface area contributed by atoms with Gasteiger partial charge in [-0.25, -0.2) is 0 Å². The normalized spacial score (nSPS) is 13.5. The molecule has 0 aliphatic rings. The van der Waals surface area contributed by atoms with Gasteiger partial charge in [0.05, 0.1) is 7.11 Å². The third-order valence-electron chi connectivity index (χ3n) is 6.20. The Morgan fingerprint density at radius 2 is 1.00 bits per heavy atom. The Labute approximate surface area is 171 Å². The van der Waals surface area contributed by atoms with Crippen LogP contribution >= 0.6 is 0 Å². The summed E-state index contributed by atoms with van der Waals surface area (Å²) in [6.07, 6.45) is 24.5. The molecular weight excluding hydrogens is 332 g/mol. The molecule has 0 heterocycles. The van der Waals surface area contributed by atoms with Crippen LogP contribution in [0.25, 0.3) is 0 Å². The summed E-state index contributed by atoms with van der Waals surface area (Å²) in [5.41, 5.74) is 0. The van der Waals surface area contributed by atoms with Crippen LogP contribution < -0.4 is 0 Å². The van der Waals surface area contributed by atoms with Crippen molar-refractivity contribution in [3.05, 3.63) is 0 Å². The quantitative estimate of drug-likeness (QED) is 0.156. The molecule has 0 radical (unpaired) electrons. The average Bonchev–Trinajstić information content (AvgIpc) is 2.67. The SMILES string of the molecule is CCCCCCCCCCCCCCCCCCC(C)C(C)CC(=O)OC. The van der Waals surface area contributed by atoms with Crippen LogP contribution in [-0.4, -0.2) is 13.1 Å². The summed E-state index contributed by atoms with van der Waals surface area (Å²) in [5, 5.41) is 0. The highest BCUT2D eigenvalue weighted by Crippen LogP contribution is 2.22. The lowest BCUT2D eigenvalue weighted by atomic mass is 9.88. The van der Waals surface area contributed by atoms with Crippen LogP contribution in [0.2, 0.25) is 0 Å². The Morgan fingerprint density at radius 3 is 1.37 bits per heavy atom. The van der Waals surface area contributed by atoms with Gasteiger partial charge in [-0.05, 0) is 11.8 Å². The standard InChI is InChI=1S/C25H50O2/c1-5-6-7-8-9-10-11-12-13-14-15-16-17-18-19-20-21-23(2)24(3)22-25(26)27-4/h23-24H,5-22H2,1-4H3. The average molecular weight is 383 g/mol. The second kappa shape index (κ2) is 20.2. The molecule has 0 aromatic heterocycles. The maximum atomic E-state index is 11.3. The van der Waals surface area contributed by atoms with Gasteiger partial charge in [-0.15, -0.1) is 0 Å². The van der Waals surface area contributed by atoms with Gasteiger partial charge in [-0.3, -0.25) is 4.79 Å². The third kappa shape index (κ3) is 18.6. The molecule has 0 rings (SSSR count).